The number of amides is 1. The minimum absolute atomic E-state index is 0.0208. The van der Waals surface area contributed by atoms with Crippen LogP contribution in [0.2, 0.25) is 0 Å². The molecule has 0 spiro atoms. The number of nitrogens with one attached hydrogen (secondary N) is 2. The average molecular weight is 297 g/mol. The van der Waals surface area contributed by atoms with E-state index < -0.39 is 9.84 Å². The number of carbonyl (C=O) groups is 1. The number of pyridine rings is 1. The first-order chi connectivity index (χ1) is 9.41. The summed E-state index contributed by atoms with van der Waals surface area (Å²) in [6.45, 7) is 1.84. The molecular weight excluding hydrogens is 278 g/mol. The van der Waals surface area contributed by atoms with Crippen molar-refractivity contribution < 1.29 is 13.2 Å². The summed E-state index contributed by atoms with van der Waals surface area (Å²) >= 11 is 0. The molecule has 0 saturated carbocycles. The van der Waals surface area contributed by atoms with Gasteiger partial charge in [-0.1, -0.05) is 0 Å². The van der Waals surface area contributed by atoms with Gasteiger partial charge < -0.3 is 10.6 Å². The highest BCUT2D eigenvalue weighted by molar-refractivity contribution is 7.91. The Hall–Kier alpha value is -1.63. The van der Waals surface area contributed by atoms with Crippen LogP contribution in [0.1, 0.15) is 28.9 Å². The number of anilines is 1. The highest BCUT2D eigenvalue weighted by atomic mass is 32.2. The monoisotopic (exact) mass is 297 g/mol. The zero-order chi connectivity index (χ0) is 14.8. The van der Waals surface area contributed by atoms with Gasteiger partial charge in [-0.25, -0.2) is 8.42 Å². The van der Waals surface area contributed by atoms with Crippen LogP contribution < -0.4 is 10.6 Å². The molecule has 0 aliphatic carbocycles. The number of hydrogen-bond acceptors (Lipinski definition) is 5. The molecule has 1 unspecified atom stereocenters. The molecule has 20 heavy (non-hydrogen) atoms. The second kappa shape index (κ2) is 5.78. The van der Waals surface area contributed by atoms with Crippen LogP contribution in [-0.2, 0) is 9.84 Å². The molecule has 1 aliphatic rings. The predicted octanol–water partition coefficient (Wildman–Crippen LogP) is 0.739. The first-order valence-electron chi connectivity index (χ1n) is 6.57. The van der Waals surface area contributed by atoms with Crippen LogP contribution in [0.25, 0.3) is 0 Å². The smallest absolute Gasteiger partial charge is 0.255 e. The third kappa shape index (κ3) is 3.47. The van der Waals surface area contributed by atoms with E-state index in [9.17, 15) is 13.2 Å². The summed E-state index contributed by atoms with van der Waals surface area (Å²) in [6.07, 6.45) is 2.80. The van der Waals surface area contributed by atoms with E-state index in [1.807, 2.05) is 6.92 Å². The van der Waals surface area contributed by atoms with Crippen LogP contribution in [0, 0.1) is 6.92 Å². The molecule has 1 amide bonds. The maximum atomic E-state index is 12.2. The number of carbonyl (C=O) groups excluding carboxylic acids is 1. The van der Waals surface area contributed by atoms with Crippen molar-refractivity contribution in [2.24, 2.45) is 0 Å². The number of aryl methyl sites for hydroxylation is 1. The summed E-state index contributed by atoms with van der Waals surface area (Å²) in [5.74, 6) is -0.0518. The average Bonchev–Trinajstić information content (AvgIpc) is 2.37. The highest BCUT2D eigenvalue weighted by Crippen LogP contribution is 2.17. The van der Waals surface area contributed by atoms with Crippen molar-refractivity contribution >= 4 is 21.4 Å². The standard InChI is InChI=1S/C13H19N3O3S/c1-9-6-12(14-2)11(7-15-9)13(17)16-10-4-3-5-20(18,19)8-10/h6-7,10H,3-5,8H2,1-2H3,(H,14,15)(H,16,17). The highest BCUT2D eigenvalue weighted by Gasteiger charge is 2.26. The van der Waals surface area contributed by atoms with Crippen molar-refractivity contribution in [3.05, 3.63) is 23.5 Å². The third-order valence-electron chi connectivity index (χ3n) is 3.35. The summed E-state index contributed by atoms with van der Waals surface area (Å²) in [5, 5.41) is 5.74. The largest absolute Gasteiger partial charge is 0.387 e. The fourth-order valence-electron chi connectivity index (χ4n) is 2.35. The molecule has 110 valence electrons. The lowest BCUT2D eigenvalue weighted by molar-refractivity contribution is 0.0939. The summed E-state index contributed by atoms with van der Waals surface area (Å²) < 4.78 is 23.1. The molecule has 0 bridgehead atoms. The Morgan fingerprint density at radius 1 is 1.45 bits per heavy atom. The molecule has 1 saturated heterocycles. The number of nitrogens with zero attached hydrogens (tertiary/aromatic N) is 1. The summed E-state index contributed by atoms with van der Waals surface area (Å²) in [5.41, 5.74) is 1.93. The van der Waals surface area contributed by atoms with Crippen LogP contribution in [0.15, 0.2) is 12.3 Å². The molecule has 2 rings (SSSR count). The van der Waals surface area contributed by atoms with E-state index in [4.69, 9.17) is 0 Å². The molecule has 6 nitrogen and oxygen atoms in total. The topological polar surface area (TPSA) is 88.2 Å². The fraction of sp³-hybridized carbons (Fsp3) is 0.538. The minimum Gasteiger partial charge on any atom is -0.387 e. The van der Waals surface area contributed by atoms with Gasteiger partial charge >= 0.3 is 0 Å². The second-order valence-electron chi connectivity index (χ2n) is 5.05. The lowest BCUT2D eigenvalue weighted by Gasteiger charge is -2.23. The van der Waals surface area contributed by atoms with E-state index >= 15 is 0 Å². The Morgan fingerprint density at radius 3 is 2.85 bits per heavy atom. The number of hydrogen-bond donors (Lipinski definition) is 2. The maximum Gasteiger partial charge on any atom is 0.255 e. The van der Waals surface area contributed by atoms with Gasteiger partial charge in [0, 0.05) is 25.0 Å². The van der Waals surface area contributed by atoms with Gasteiger partial charge in [0.15, 0.2) is 9.84 Å². The van der Waals surface area contributed by atoms with Gasteiger partial charge in [-0.2, -0.15) is 0 Å². The fourth-order valence-corrected chi connectivity index (χ4v) is 3.98. The second-order valence-corrected chi connectivity index (χ2v) is 7.28. The van der Waals surface area contributed by atoms with Crippen molar-refractivity contribution in [1.29, 1.82) is 0 Å². The van der Waals surface area contributed by atoms with Gasteiger partial charge in [-0.15, -0.1) is 0 Å². The normalized spacial score (nSPS) is 21.2. The SMILES string of the molecule is CNc1cc(C)ncc1C(=O)NC1CCCS(=O)(=O)C1. The van der Waals surface area contributed by atoms with E-state index in [1.54, 1.807) is 13.1 Å². The summed E-state index contributed by atoms with van der Waals surface area (Å²) in [6, 6.07) is 1.47. The van der Waals surface area contributed by atoms with Gasteiger partial charge in [0.25, 0.3) is 5.91 Å². The first-order valence-corrected chi connectivity index (χ1v) is 8.39. The van der Waals surface area contributed by atoms with Crippen LogP contribution >= 0.6 is 0 Å². The van der Waals surface area contributed by atoms with E-state index in [0.717, 1.165) is 5.69 Å². The number of rotatable bonds is 3. The van der Waals surface area contributed by atoms with Crippen LogP contribution in [0.3, 0.4) is 0 Å². The Morgan fingerprint density at radius 2 is 2.20 bits per heavy atom. The Labute approximate surface area is 118 Å². The van der Waals surface area contributed by atoms with Gasteiger partial charge in [0.2, 0.25) is 0 Å². The molecular formula is C13H19N3O3S. The molecule has 2 N–H and O–H groups in total. The van der Waals surface area contributed by atoms with Crippen LogP contribution in [-0.4, -0.2) is 43.9 Å². The Bertz CT molecular complexity index is 613. The maximum absolute atomic E-state index is 12.2. The first kappa shape index (κ1) is 14.8. The molecule has 1 fully saturated rings. The molecule has 1 atom stereocenters. The van der Waals surface area contributed by atoms with Crippen molar-refractivity contribution in [2.45, 2.75) is 25.8 Å². The molecule has 0 radical (unpaired) electrons. The third-order valence-corrected chi connectivity index (χ3v) is 5.17. The van der Waals surface area contributed by atoms with E-state index in [2.05, 4.69) is 15.6 Å². The molecule has 0 aromatic carbocycles. The molecule has 1 aromatic rings. The zero-order valence-electron chi connectivity index (χ0n) is 11.6. The quantitative estimate of drug-likeness (QED) is 0.859. The molecule has 7 heteroatoms. The molecule has 1 aromatic heterocycles. The van der Waals surface area contributed by atoms with Crippen LogP contribution in [0.5, 0.6) is 0 Å². The van der Waals surface area contributed by atoms with E-state index in [1.165, 1.54) is 6.20 Å². The van der Waals surface area contributed by atoms with Crippen molar-refractivity contribution in [1.82, 2.24) is 10.3 Å². The Balaban J connectivity index is 2.12. The molecule has 1 aliphatic heterocycles. The van der Waals surface area contributed by atoms with Gasteiger partial charge in [-0.05, 0) is 25.8 Å². The lowest BCUT2D eigenvalue weighted by Crippen LogP contribution is -2.43. The summed E-state index contributed by atoms with van der Waals surface area (Å²) in [4.78, 5) is 16.3. The molecule has 2 heterocycles. The zero-order valence-corrected chi connectivity index (χ0v) is 12.5. The summed E-state index contributed by atoms with van der Waals surface area (Å²) in [7, 11) is -1.30. The van der Waals surface area contributed by atoms with Gasteiger partial charge in [0.05, 0.1) is 22.8 Å². The number of aromatic nitrogens is 1. The van der Waals surface area contributed by atoms with E-state index in [-0.39, 0.29) is 23.5 Å². The van der Waals surface area contributed by atoms with Crippen molar-refractivity contribution in [2.75, 3.05) is 23.9 Å². The van der Waals surface area contributed by atoms with Crippen molar-refractivity contribution in [3.63, 3.8) is 0 Å². The van der Waals surface area contributed by atoms with Gasteiger partial charge in [-0.3, -0.25) is 9.78 Å². The van der Waals surface area contributed by atoms with Crippen molar-refractivity contribution in [3.8, 4) is 0 Å². The van der Waals surface area contributed by atoms with E-state index in [0.29, 0.717) is 24.1 Å². The Kier molecular flexibility index (Phi) is 4.27. The van der Waals surface area contributed by atoms with Crippen LogP contribution in [0.4, 0.5) is 5.69 Å². The van der Waals surface area contributed by atoms with Gasteiger partial charge in [0.1, 0.15) is 0 Å². The number of sulfone groups is 1. The lowest BCUT2D eigenvalue weighted by atomic mass is 10.1. The predicted molar refractivity (Wildman–Crippen MR) is 77.7 cm³/mol. The minimum atomic E-state index is -3.03.